The van der Waals surface area contributed by atoms with Gasteiger partial charge in [-0.1, -0.05) is 0 Å². The number of likely N-dealkylation sites (N-methyl/N-ethyl adjacent to an activating group) is 1. The molecule has 3 N–H and O–H groups in total. The molecule has 1 aromatic rings. The number of phenols is 2. The second-order valence-corrected chi connectivity index (χ2v) is 5.31. The summed E-state index contributed by atoms with van der Waals surface area (Å²) in [6, 6.07) is 3.97. The fraction of sp³-hybridized carbons (Fsp3) is 0.500. The molecular formula is C14H19NO4. The minimum atomic E-state index is -0.197. The van der Waals surface area contributed by atoms with Gasteiger partial charge in [0, 0.05) is 12.6 Å². The number of rotatable bonds is 5. The summed E-state index contributed by atoms with van der Waals surface area (Å²) in [6.45, 7) is 0.979. The first-order valence-corrected chi connectivity index (χ1v) is 6.37. The highest BCUT2D eigenvalue weighted by molar-refractivity contribution is 6.00. The number of benzene rings is 1. The van der Waals surface area contributed by atoms with Crippen LogP contribution in [0.3, 0.4) is 0 Å². The molecule has 1 aliphatic carbocycles. The van der Waals surface area contributed by atoms with Crippen LogP contribution in [0.1, 0.15) is 23.2 Å². The van der Waals surface area contributed by atoms with E-state index in [0.29, 0.717) is 5.92 Å². The van der Waals surface area contributed by atoms with Gasteiger partial charge in [-0.15, -0.1) is 0 Å². The molecule has 0 unspecified atom stereocenters. The van der Waals surface area contributed by atoms with Crippen LogP contribution >= 0.6 is 0 Å². The number of nitrogens with zero attached hydrogens (tertiary/aromatic N) is 1. The summed E-state index contributed by atoms with van der Waals surface area (Å²) in [7, 11) is 1.85. The molecule has 1 aromatic carbocycles. The number of hydrogen-bond acceptors (Lipinski definition) is 5. The number of Topliss-reactive ketones (excluding diaryl/α,β-unsaturated/α-hetero) is 1. The molecule has 0 radical (unpaired) electrons. The first-order chi connectivity index (χ1) is 8.95. The Balaban J connectivity index is 1.89. The van der Waals surface area contributed by atoms with Gasteiger partial charge in [0.05, 0.1) is 18.2 Å². The monoisotopic (exact) mass is 265 g/mol. The van der Waals surface area contributed by atoms with Crippen molar-refractivity contribution in [3.05, 3.63) is 23.8 Å². The molecule has 104 valence electrons. The zero-order chi connectivity index (χ0) is 14.0. The van der Waals surface area contributed by atoms with Crippen molar-refractivity contribution in [2.75, 3.05) is 20.1 Å². The molecular weight excluding hydrogens is 246 g/mol. The first-order valence-electron chi connectivity index (χ1n) is 6.37. The Kier molecular flexibility index (Phi) is 4.07. The van der Waals surface area contributed by atoms with E-state index in [1.54, 1.807) is 0 Å². The maximum Gasteiger partial charge on any atom is 0.180 e. The van der Waals surface area contributed by atoms with Gasteiger partial charge in [-0.05, 0) is 37.9 Å². The van der Waals surface area contributed by atoms with Crippen LogP contribution in [0, 0.1) is 5.92 Å². The van der Waals surface area contributed by atoms with Crippen LogP contribution in [-0.4, -0.2) is 52.2 Å². The van der Waals surface area contributed by atoms with Gasteiger partial charge in [0.2, 0.25) is 0 Å². The Labute approximate surface area is 112 Å². The molecule has 0 aromatic heterocycles. The van der Waals surface area contributed by atoms with E-state index in [1.165, 1.54) is 12.1 Å². The topological polar surface area (TPSA) is 81.0 Å². The maximum absolute atomic E-state index is 12.0. The molecule has 19 heavy (non-hydrogen) atoms. The summed E-state index contributed by atoms with van der Waals surface area (Å²) in [6.07, 6.45) is 1.40. The zero-order valence-corrected chi connectivity index (χ0v) is 10.9. The number of aromatic hydroxyl groups is 2. The molecule has 0 heterocycles. The fourth-order valence-electron chi connectivity index (χ4n) is 2.44. The van der Waals surface area contributed by atoms with Crippen molar-refractivity contribution >= 4 is 5.78 Å². The molecule has 0 spiro atoms. The predicted molar refractivity (Wildman–Crippen MR) is 70.3 cm³/mol. The van der Waals surface area contributed by atoms with Gasteiger partial charge in [-0.25, -0.2) is 0 Å². The van der Waals surface area contributed by atoms with E-state index in [0.717, 1.165) is 25.5 Å². The smallest absolute Gasteiger partial charge is 0.180 e. The minimum absolute atomic E-state index is 0.0640. The average molecular weight is 265 g/mol. The molecule has 1 fully saturated rings. The maximum atomic E-state index is 12.0. The highest BCUT2D eigenvalue weighted by Gasteiger charge is 2.28. The SMILES string of the molecule is CN(CC(=O)c1ccc(O)cc1O)CC1CC(O)C1. The molecule has 2 rings (SSSR count). The lowest BCUT2D eigenvalue weighted by molar-refractivity contribution is 0.0286. The van der Waals surface area contributed by atoms with Gasteiger partial charge >= 0.3 is 0 Å². The van der Waals surface area contributed by atoms with E-state index in [-0.39, 0.29) is 35.5 Å². The van der Waals surface area contributed by atoms with E-state index in [1.807, 2.05) is 11.9 Å². The first kappa shape index (κ1) is 13.8. The minimum Gasteiger partial charge on any atom is -0.508 e. The van der Waals surface area contributed by atoms with Crippen molar-refractivity contribution in [3.63, 3.8) is 0 Å². The number of hydrogen-bond donors (Lipinski definition) is 3. The van der Waals surface area contributed by atoms with E-state index >= 15 is 0 Å². The van der Waals surface area contributed by atoms with Crippen molar-refractivity contribution in [1.82, 2.24) is 4.90 Å². The van der Waals surface area contributed by atoms with E-state index in [9.17, 15) is 20.1 Å². The van der Waals surface area contributed by atoms with Crippen molar-refractivity contribution in [2.24, 2.45) is 5.92 Å². The Morgan fingerprint density at radius 3 is 2.63 bits per heavy atom. The lowest BCUT2D eigenvalue weighted by Gasteiger charge is -2.34. The van der Waals surface area contributed by atoms with Gasteiger partial charge in [-0.3, -0.25) is 9.69 Å². The highest BCUT2D eigenvalue weighted by Crippen LogP contribution is 2.28. The molecule has 0 saturated heterocycles. The summed E-state index contributed by atoms with van der Waals surface area (Å²) in [5, 5.41) is 28.0. The molecule has 5 nitrogen and oxygen atoms in total. The van der Waals surface area contributed by atoms with Crippen molar-refractivity contribution in [2.45, 2.75) is 18.9 Å². The van der Waals surface area contributed by atoms with Gasteiger partial charge < -0.3 is 15.3 Å². The number of carbonyl (C=O) groups is 1. The van der Waals surface area contributed by atoms with Crippen molar-refractivity contribution < 1.29 is 20.1 Å². The number of ketones is 1. The quantitative estimate of drug-likeness (QED) is 0.692. The Morgan fingerprint density at radius 1 is 1.37 bits per heavy atom. The number of carbonyl (C=O) groups excluding carboxylic acids is 1. The van der Waals surface area contributed by atoms with Crippen LogP contribution in [0.5, 0.6) is 11.5 Å². The summed E-state index contributed by atoms with van der Waals surface area (Å²) in [5.74, 6) is 0.00409. The lowest BCUT2D eigenvalue weighted by Crippen LogP contribution is -2.38. The van der Waals surface area contributed by atoms with Gasteiger partial charge in [0.15, 0.2) is 5.78 Å². The number of phenolic OH excluding ortho intramolecular Hbond substituents is 2. The Morgan fingerprint density at radius 2 is 2.05 bits per heavy atom. The van der Waals surface area contributed by atoms with Gasteiger partial charge in [-0.2, -0.15) is 0 Å². The largest absolute Gasteiger partial charge is 0.508 e. The van der Waals surface area contributed by atoms with Crippen LogP contribution in [0.25, 0.3) is 0 Å². The van der Waals surface area contributed by atoms with Crippen LogP contribution in [0.4, 0.5) is 0 Å². The predicted octanol–water partition coefficient (Wildman–Crippen LogP) is 0.983. The fourth-order valence-corrected chi connectivity index (χ4v) is 2.44. The van der Waals surface area contributed by atoms with Crippen LogP contribution < -0.4 is 0 Å². The number of aliphatic hydroxyl groups is 1. The summed E-state index contributed by atoms with van der Waals surface area (Å²) >= 11 is 0. The lowest BCUT2D eigenvalue weighted by atomic mass is 9.82. The summed E-state index contributed by atoms with van der Waals surface area (Å²) in [4.78, 5) is 13.9. The molecule has 0 amide bonds. The van der Waals surface area contributed by atoms with Gasteiger partial charge in [0.1, 0.15) is 11.5 Å². The van der Waals surface area contributed by atoms with E-state index in [2.05, 4.69) is 0 Å². The van der Waals surface area contributed by atoms with E-state index in [4.69, 9.17) is 0 Å². The molecule has 0 atom stereocenters. The summed E-state index contributed by atoms with van der Waals surface area (Å²) < 4.78 is 0. The van der Waals surface area contributed by atoms with E-state index < -0.39 is 0 Å². The Hall–Kier alpha value is -1.59. The third-order valence-electron chi connectivity index (χ3n) is 3.48. The molecule has 0 bridgehead atoms. The van der Waals surface area contributed by atoms with Crippen molar-refractivity contribution in [1.29, 1.82) is 0 Å². The normalized spacial score (nSPS) is 22.3. The molecule has 0 aliphatic heterocycles. The molecule has 1 aliphatic rings. The number of aliphatic hydroxyl groups excluding tert-OH is 1. The zero-order valence-electron chi connectivity index (χ0n) is 10.9. The Bertz CT molecular complexity index is 469. The van der Waals surface area contributed by atoms with Crippen LogP contribution in [-0.2, 0) is 0 Å². The highest BCUT2D eigenvalue weighted by atomic mass is 16.3. The molecule has 5 heteroatoms. The third kappa shape index (κ3) is 3.45. The summed E-state index contributed by atoms with van der Waals surface area (Å²) in [5.41, 5.74) is 0.221. The van der Waals surface area contributed by atoms with Crippen LogP contribution in [0.2, 0.25) is 0 Å². The third-order valence-corrected chi connectivity index (χ3v) is 3.48. The van der Waals surface area contributed by atoms with Crippen LogP contribution in [0.15, 0.2) is 18.2 Å². The average Bonchev–Trinajstić information content (AvgIpc) is 2.26. The second-order valence-electron chi connectivity index (χ2n) is 5.31. The second kappa shape index (κ2) is 5.59. The standard InChI is InChI=1S/C14H19NO4/c1-15(7-9-4-11(17)5-9)8-14(19)12-3-2-10(16)6-13(12)18/h2-3,6,9,11,16-18H,4-5,7-8H2,1H3. The van der Waals surface area contributed by atoms with Gasteiger partial charge in [0.25, 0.3) is 0 Å². The van der Waals surface area contributed by atoms with Crippen molar-refractivity contribution in [3.8, 4) is 11.5 Å². The molecule has 1 saturated carbocycles.